The van der Waals surface area contributed by atoms with Gasteiger partial charge in [0.15, 0.2) is 0 Å². The zero-order chi connectivity index (χ0) is 32.0. The molecule has 0 saturated carbocycles. The normalized spacial score (nSPS) is 12.6. The van der Waals surface area contributed by atoms with E-state index in [2.05, 4.69) is 159 Å². The first-order chi connectivity index (χ1) is 24.2. The molecule has 12 aromatic carbocycles. The van der Waals surface area contributed by atoms with Crippen LogP contribution in [-0.2, 0) is 0 Å². The second kappa shape index (κ2) is 9.01. The lowest BCUT2D eigenvalue weighted by atomic mass is 9.84. The molecule has 49 heavy (non-hydrogen) atoms. The molecule has 0 aliphatic rings. The third kappa shape index (κ3) is 3.15. The molecular weight excluding hydrogens is 589 g/mol. The zero-order valence-electron chi connectivity index (χ0n) is 26.9. The number of aryl methyl sites for hydroxylation is 1. The Morgan fingerprint density at radius 2 is 0.857 bits per heavy atom. The zero-order valence-corrected chi connectivity index (χ0v) is 26.9. The highest BCUT2D eigenvalue weighted by molar-refractivity contribution is 6.47. The summed E-state index contributed by atoms with van der Waals surface area (Å²) in [5.74, 6) is 0. The maximum atomic E-state index is 2.53. The van der Waals surface area contributed by atoms with E-state index in [0.717, 1.165) is 0 Å². The van der Waals surface area contributed by atoms with Crippen LogP contribution < -0.4 is 0 Å². The predicted molar refractivity (Wildman–Crippen MR) is 213 cm³/mol. The fraction of sp³-hybridized carbons (Fsp3) is 0.0204. The lowest BCUT2D eigenvalue weighted by Gasteiger charge is -2.19. The van der Waals surface area contributed by atoms with Crippen LogP contribution in [0.15, 0.2) is 152 Å². The van der Waals surface area contributed by atoms with Crippen molar-refractivity contribution in [3.63, 3.8) is 0 Å². The lowest BCUT2D eigenvalue weighted by Crippen LogP contribution is -1.91. The van der Waals surface area contributed by atoms with Crippen LogP contribution >= 0.6 is 0 Å². The quantitative estimate of drug-likeness (QED) is 0.170. The molecule has 0 amide bonds. The van der Waals surface area contributed by atoms with Crippen LogP contribution in [0.1, 0.15) is 5.56 Å². The highest BCUT2D eigenvalue weighted by Gasteiger charge is 2.27. The number of fused-ring (bicyclic) bond motifs is 8. The van der Waals surface area contributed by atoms with E-state index in [9.17, 15) is 0 Å². The number of rotatable bonds is 2. The molecule has 0 saturated heterocycles. The molecule has 0 aliphatic heterocycles. The largest absolute Gasteiger partial charge is 0.0622 e. The molecule has 12 aromatic rings. The van der Waals surface area contributed by atoms with Crippen molar-refractivity contribution in [3.8, 4) is 22.3 Å². The van der Waals surface area contributed by atoms with Crippen molar-refractivity contribution < 1.29 is 0 Å². The maximum absolute atomic E-state index is 2.53. The first-order valence-electron chi connectivity index (χ1n) is 17.3. The Morgan fingerprint density at radius 3 is 1.65 bits per heavy atom. The Bertz CT molecular complexity index is 3300. The monoisotopic (exact) mass is 616 g/mol. The van der Waals surface area contributed by atoms with Crippen LogP contribution in [0.2, 0.25) is 0 Å². The van der Waals surface area contributed by atoms with Crippen molar-refractivity contribution in [2.24, 2.45) is 0 Å². The molecule has 0 bridgehead atoms. The van der Waals surface area contributed by atoms with Gasteiger partial charge in [-0.2, -0.15) is 0 Å². The summed E-state index contributed by atoms with van der Waals surface area (Å²) in [7, 11) is 0. The van der Waals surface area contributed by atoms with E-state index < -0.39 is 0 Å². The fourth-order valence-corrected chi connectivity index (χ4v) is 9.68. The third-order valence-electron chi connectivity index (χ3n) is 11.4. The summed E-state index contributed by atoms with van der Waals surface area (Å²) in [6.45, 7) is 2.23. The molecule has 0 spiro atoms. The molecule has 0 unspecified atom stereocenters. The smallest absolute Gasteiger partial charge is 0.000718 e. The highest BCUT2D eigenvalue weighted by Crippen LogP contribution is 2.56. The van der Waals surface area contributed by atoms with Gasteiger partial charge in [0.1, 0.15) is 0 Å². The Kier molecular flexibility index (Phi) is 4.74. The van der Waals surface area contributed by atoms with Gasteiger partial charge in [0.05, 0.1) is 0 Å². The van der Waals surface area contributed by atoms with Gasteiger partial charge in [-0.1, -0.05) is 140 Å². The minimum atomic E-state index is 1.26. The van der Waals surface area contributed by atoms with Crippen LogP contribution in [0.5, 0.6) is 0 Å². The first kappa shape index (κ1) is 25.8. The molecule has 0 fully saturated rings. The van der Waals surface area contributed by atoms with Gasteiger partial charge >= 0.3 is 0 Å². The Morgan fingerprint density at radius 1 is 0.265 bits per heavy atom. The molecule has 224 valence electrons. The van der Waals surface area contributed by atoms with Gasteiger partial charge in [0.2, 0.25) is 0 Å². The van der Waals surface area contributed by atoms with E-state index in [1.807, 2.05) is 0 Å². The van der Waals surface area contributed by atoms with Crippen molar-refractivity contribution >= 4 is 97.0 Å². The summed E-state index contributed by atoms with van der Waals surface area (Å²) < 4.78 is 0. The van der Waals surface area contributed by atoms with Gasteiger partial charge in [-0.05, 0) is 144 Å². The summed E-state index contributed by atoms with van der Waals surface area (Å²) >= 11 is 0. The van der Waals surface area contributed by atoms with E-state index in [1.54, 1.807) is 0 Å². The highest BCUT2D eigenvalue weighted by atomic mass is 14.3. The summed E-state index contributed by atoms with van der Waals surface area (Å²) in [5, 5.41) is 24.2. The van der Waals surface area contributed by atoms with Crippen LogP contribution in [-0.4, -0.2) is 0 Å². The van der Waals surface area contributed by atoms with Crippen molar-refractivity contribution in [1.82, 2.24) is 0 Å². The SMILES string of the molecule is Cc1cc2ccc3ccc4c5c(-c6ccccc6)c6c(cc7c8ccccc8c8cccc6c87)c(-c6ccccc6)c5c5cc(c1)c2c3c54. The molecule has 12 rings (SSSR count). The second-order valence-corrected chi connectivity index (χ2v) is 14.0. The lowest BCUT2D eigenvalue weighted by molar-refractivity contribution is 1.53. The average Bonchev–Trinajstić information content (AvgIpc) is 3.65. The van der Waals surface area contributed by atoms with E-state index in [0.29, 0.717) is 0 Å². The summed E-state index contributed by atoms with van der Waals surface area (Å²) in [6, 6.07) is 57.4. The summed E-state index contributed by atoms with van der Waals surface area (Å²) in [5.41, 5.74) is 6.49. The minimum Gasteiger partial charge on any atom is -0.0622 e. The van der Waals surface area contributed by atoms with Gasteiger partial charge in [0.25, 0.3) is 0 Å². The van der Waals surface area contributed by atoms with Crippen molar-refractivity contribution in [2.75, 3.05) is 0 Å². The van der Waals surface area contributed by atoms with Gasteiger partial charge in [0, 0.05) is 0 Å². The topological polar surface area (TPSA) is 0 Å². The number of benzene rings is 10. The molecule has 0 atom stereocenters. The van der Waals surface area contributed by atoms with Gasteiger partial charge in [-0.15, -0.1) is 0 Å². The molecule has 0 N–H and O–H groups in total. The average molecular weight is 617 g/mol. The number of hydrogen-bond acceptors (Lipinski definition) is 0. The maximum Gasteiger partial charge on any atom is -0.000718 e. The van der Waals surface area contributed by atoms with E-state index in [-0.39, 0.29) is 0 Å². The third-order valence-corrected chi connectivity index (χ3v) is 11.4. The molecule has 0 radical (unpaired) electrons. The molecule has 0 heterocycles. The van der Waals surface area contributed by atoms with E-state index in [1.165, 1.54) is 125 Å². The Hall–Kier alpha value is -6.24. The minimum absolute atomic E-state index is 1.26. The van der Waals surface area contributed by atoms with Gasteiger partial charge in [-0.3, -0.25) is 0 Å². The van der Waals surface area contributed by atoms with Gasteiger partial charge in [-0.25, -0.2) is 0 Å². The van der Waals surface area contributed by atoms with Crippen molar-refractivity contribution in [3.05, 3.63) is 157 Å². The second-order valence-electron chi connectivity index (χ2n) is 14.0. The van der Waals surface area contributed by atoms with Gasteiger partial charge < -0.3 is 0 Å². The first-order valence-corrected chi connectivity index (χ1v) is 17.3. The fourth-order valence-electron chi connectivity index (χ4n) is 9.68. The standard InChI is InChI=1S/C49H28/c1-27-23-31-20-19-30-21-22-37-47-39(25-32(24-27)41(31)43(30)47)49-42(28-11-4-2-5-12-28)40-26-38-34-16-9-8-15-33(34)35-17-10-18-36(45(35)38)46(40)44(48(37)49)29-13-6-3-7-14-29/h2-26H,1H3. The van der Waals surface area contributed by atoms with Crippen LogP contribution in [0.3, 0.4) is 0 Å². The predicted octanol–water partition coefficient (Wildman–Crippen LogP) is 14.0. The Labute approximate surface area is 282 Å². The van der Waals surface area contributed by atoms with E-state index in [4.69, 9.17) is 0 Å². The molecule has 0 aromatic heterocycles. The molecule has 0 nitrogen and oxygen atoms in total. The van der Waals surface area contributed by atoms with Crippen LogP contribution in [0.25, 0.3) is 119 Å². The summed E-state index contributed by atoms with van der Waals surface area (Å²) in [6.07, 6.45) is 0. The van der Waals surface area contributed by atoms with Crippen LogP contribution in [0, 0.1) is 6.92 Å². The van der Waals surface area contributed by atoms with Crippen LogP contribution in [0.4, 0.5) is 0 Å². The van der Waals surface area contributed by atoms with E-state index >= 15 is 0 Å². The molecular formula is C49H28. The summed E-state index contributed by atoms with van der Waals surface area (Å²) in [4.78, 5) is 0. The Balaban J connectivity index is 1.47. The molecule has 0 heteroatoms. The van der Waals surface area contributed by atoms with Crippen molar-refractivity contribution in [2.45, 2.75) is 6.92 Å². The molecule has 0 aliphatic carbocycles. The van der Waals surface area contributed by atoms with Crippen molar-refractivity contribution in [1.29, 1.82) is 0 Å². The number of hydrogen-bond donors (Lipinski definition) is 0.